The summed E-state index contributed by atoms with van der Waals surface area (Å²) in [4.78, 5) is 22.6. The van der Waals surface area contributed by atoms with Gasteiger partial charge in [0.15, 0.2) is 16.6 Å². The molecular weight excluding hydrogens is 429 g/mol. The standard InChI is InChI=1S/C16H31F3O6Si3/c1-26(2,3)24-28(7,25-27(4,5)6)10-8-9-12(14(20)21)13(15(22)23)11-16(17,18)19/h8-11H2,1-7H3,(H,20,21)(H,22,23). The minimum absolute atomic E-state index is 0.175. The number of hydrogen-bond donors (Lipinski definition) is 2. The molecule has 0 rings (SSSR count). The van der Waals surface area contributed by atoms with E-state index in [1.165, 1.54) is 0 Å². The van der Waals surface area contributed by atoms with Crippen molar-refractivity contribution in [2.75, 3.05) is 0 Å². The Morgan fingerprint density at radius 1 is 0.821 bits per heavy atom. The van der Waals surface area contributed by atoms with Crippen molar-refractivity contribution in [3.8, 4) is 0 Å². The Balaban J connectivity index is 5.56. The third-order valence-electron chi connectivity index (χ3n) is 3.36. The van der Waals surface area contributed by atoms with E-state index in [0.717, 1.165) is 0 Å². The largest absolute Gasteiger partial charge is 0.478 e. The molecule has 28 heavy (non-hydrogen) atoms. The molecule has 0 aliphatic carbocycles. The average molecular weight is 461 g/mol. The first-order chi connectivity index (χ1) is 12.2. The summed E-state index contributed by atoms with van der Waals surface area (Å²) in [5, 5.41) is 18.3. The zero-order valence-corrected chi connectivity index (χ0v) is 20.5. The molecule has 0 aliphatic heterocycles. The molecule has 0 fully saturated rings. The van der Waals surface area contributed by atoms with Gasteiger partial charge in [0.1, 0.15) is 0 Å². The van der Waals surface area contributed by atoms with E-state index in [1.54, 1.807) is 0 Å². The fraction of sp³-hybridized carbons (Fsp3) is 0.750. The van der Waals surface area contributed by atoms with Gasteiger partial charge in [0.25, 0.3) is 0 Å². The minimum Gasteiger partial charge on any atom is -0.478 e. The van der Waals surface area contributed by atoms with E-state index in [2.05, 4.69) is 0 Å². The highest BCUT2D eigenvalue weighted by Crippen LogP contribution is 2.30. The van der Waals surface area contributed by atoms with E-state index in [0.29, 0.717) is 6.04 Å². The molecule has 0 radical (unpaired) electrons. The van der Waals surface area contributed by atoms with Gasteiger partial charge in [-0.3, -0.25) is 0 Å². The van der Waals surface area contributed by atoms with Crippen molar-refractivity contribution in [2.24, 2.45) is 0 Å². The van der Waals surface area contributed by atoms with Crippen LogP contribution in [0.2, 0.25) is 51.9 Å². The Bertz CT molecular complexity index is 590. The van der Waals surface area contributed by atoms with Crippen LogP contribution in [0, 0.1) is 0 Å². The van der Waals surface area contributed by atoms with E-state index in [9.17, 15) is 27.9 Å². The quantitative estimate of drug-likeness (QED) is 0.334. The molecule has 0 aromatic carbocycles. The van der Waals surface area contributed by atoms with Gasteiger partial charge in [-0.25, -0.2) is 9.59 Å². The molecule has 0 amide bonds. The molecule has 0 spiro atoms. The van der Waals surface area contributed by atoms with Crippen LogP contribution in [0.1, 0.15) is 19.3 Å². The molecule has 0 aromatic heterocycles. The molecular formula is C16H31F3O6Si3. The maximum Gasteiger partial charge on any atom is 0.393 e. The molecule has 0 saturated carbocycles. The maximum absolute atomic E-state index is 12.7. The highest BCUT2D eigenvalue weighted by atomic mass is 28.5. The van der Waals surface area contributed by atoms with Gasteiger partial charge in [0.05, 0.1) is 12.0 Å². The SMILES string of the molecule is C[Si](C)(C)O[Si](C)(CCCC(C(=O)O)=C(CC(F)(F)F)C(=O)O)O[Si](C)(C)C. The number of rotatable bonds is 11. The number of carboxylic acids is 2. The Kier molecular flexibility index (Phi) is 9.36. The van der Waals surface area contributed by atoms with Crippen LogP contribution in [0.4, 0.5) is 13.2 Å². The third kappa shape index (κ3) is 11.8. The zero-order chi connectivity index (χ0) is 22.6. The molecule has 0 aromatic rings. The summed E-state index contributed by atoms with van der Waals surface area (Å²) in [5.74, 6) is -3.52. The molecule has 0 aliphatic rings. The van der Waals surface area contributed by atoms with Crippen molar-refractivity contribution in [3.63, 3.8) is 0 Å². The molecule has 12 heteroatoms. The summed E-state index contributed by atoms with van der Waals surface area (Å²) >= 11 is 0. The van der Waals surface area contributed by atoms with Crippen LogP contribution in [-0.2, 0) is 17.8 Å². The second-order valence-electron chi connectivity index (χ2n) is 8.78. The second-order valence-corrected chi connectivity index (χ2v) is 21.6. The highest BCUT2D eigenvalue weighted by molar-refractivity contribution is 6.87. The number of carbonyl (C=O) groups is 2. The van der Waals surface area contributed by atoms with E-state index in [1.807, 2.05) is 45.8 Å². The first-order valence-corrected chi connectivity index (χ1v) is 18.2. The first-order valence-electron chi connectivity index (χ1n) is 8.90. The fourth-order valence-electron chi connectivity index (χ4n) is 2.90. The monoisotopic (exact) mass is 460 g/mol. The number of carboxylic acid groups (broad SMARTS) is 2. The zero-order valence-electron chi connectivity index (χ0n) is 17.5. The van der Waals surface area contributed by atoms with Crippen molar-refractivity contribution >= 4 is 37.1 Å². The van der Waals surface area contributed by atoms with Gasteiger partial charge in [-0.1, -0.05) is 0 Å². The summed E-state index contributed by atoms with van der Waals surface area (Å²) in [5.41, 5.74) is -1.84. The third-order valence-corrected chi connectivity index (χ3v) is 13.0. The highest BCUT2D eigenvalue weighted by Gasteiger charge is 2.40. The predicted octanol–water partition coefficient (Wildman–Crippen LogP) is 4.96. The number of halogens is 3. The van der Waals surface area contributed by atoms with Crippen LogP contribution in [0.5, 0.6) is 0 Å². The first kappa shape index (κ1) is 27.0. The maximum atomic E-state index is 12.7. The fourth-order valence-corrected chi connectivity index (χ4v) is 15.4. The molecule has 0 atom stereocenters. The Hall–Kier alpha value is -0.959. The number of alkyl halides is 3. The Morgan fingerprint density at radius 2 is 1.21 bits per heavy atom. The van der Waals surface area contributed by atoms with Gasteiger partial charge in [0.2, 0.25) is 0 Å². The van der Waals surface area contributed by atoms with Crippen LogP contribution >= 0.6 is 0 Å². The van der Waals surface area contributed by atoms with Crippen LogP contribution < -0.4 is 0 Å². The molecule has 2 N–H and O–H groups in total. The van der Waals surface area contributed by atoms with Gasteiger partial charge in [0, 0.05) is 5.57 Å². The van der Waals surface area contributed by atoms with Crippen molar-refractivity contribution in [3.05, 3.63) is 11.1 Å². The van der Waals surface area contributed by atoms with Gasteiger partial charge in [-0.15, -0.1) is 0 Å². The molecule has 0 unspecified atom stereocenters. The lowest BCUT2D eigenvalue weighted by Crippen LogP contribution is -2.52. The normalized spacial score (nSPS) is 14.6. The van der Waals surface area contributed by atoms with Gasteiger partial charge in [-0.2, -0.15) is 13.2 Å². The summed E-state index contributed by atoms with van der Waals surface area (Å²) < 4.78 is 50.5. The van der Waals surface area contributed by atoms with Crippen molar-refractivity contribution < 1.29 is 41.2 Å². The van der Waals surface area contributed by atoms with Crippen LogP contribution in [-0.4, -0.2) is 53.5 Å². The Morgan fingerprint density at radius 3 is 1.50 bits per heavy atom. The van der Waals surface area contributed by atoms with E-state index in [-0.39, 0.29) is 12.8 Å². The Labute approximate surface area is 167 Å². The molecule has 6 nitrogen and oxygen atoms in total. The molecule has 164 valence electrons. The summed E-state index contributed by atoms with van der Waals surface area (Å²) in [6, 6.07) is 0.372. The van der Waals surface area contributed by atoms with Crippen LogP contribution in [0.3, 0.4) is 0 Å². The minimum atomic E-state index is -4.81. The van der Waals surface area contributed by atoms with E-state index >= 15 is 0 Å². The lowest BCUT2D eigenvalue weighted by molar-refractivity contribution is -0.144. The lowest BCUT2D eigenvalue weighted by atomic mass is 10.0. The van der Waals surface area contributed by atoms with Crippen LogP contribution in [0.15, 0.2) is 11.1 Å². The lowest BCUT2D eigenvalue weighted by Gasteiger charge is -2.38. The average Bonchev–Trinajstić information content (AvgIpc) is 2.35. The van der Waals surface area contributed by atoms with Gasteiger partial charge >= 0.3 is 26.7 Å². The number of aliphatic carboxylic acids is 2. The second kappa shape index (κ2) is 9.69. The van der Waals surface area contributed by atoms with Crippen molar-refractivity contribution in [2.45, 2.75) is 77.3 Å². The summed E-state index contributed by atoms with van der Waals surface area (Å²) in [7, 11) is -6.64. The molecule has 0 saturated heterocycles. The smallest absolute Gasteiger partial charge is 0.393 e. The van der Waals surface area contributed by atoms with Crippen LogP contribution in [0.25, 0.3) is 0 Å². The summed E-state index contributed by atoms with van der Waals surface area (Å²) in [6.07, 6.45) is -6.71. The van der Waals surface area contributed by atoms with Gasteiger partial charge in [-0.05, 0) is 64.7 Å². The molecule has 0 heterocycles. The van der Waals surface area contributed by atoms with Gasteiger partial charge < -0.3 is 18.4 Å². The van der Waals surface area contributed by atoms with E-state index in [4.69, 9.17) is 13.3 Å². The van der Waals surface area contributed by atoms with E-state index < -0.39 is 60.9 Å². The molecule has 0 bridgehead atoms. The number of hydrogen-bond acceptors (Lipinski definition) is 4. The predicted molar refractivity (Wildman–Crippen MR) is 107 cm³/mol. The summed E-state index contributed by atoms with van der Waals surface area (Å²) in [6.45, 7) is 13.9. The topological polar surface area (TPSA) is 93.1 Å². The van der Waals surface area contributed by atoms with Crippen molar-refractivity contribution in [1.29, 1.82) is 0 Å². The van der Waals surface area contributed by atoms with Crippen molar-refractivity contribution in [1.82, 2.24) is 0 Å².